The predicted octanol–water partition coefficient (Wildman–Crippen LogP) is 5.52. The molecule has 2 aromatic rings. The predicted molar refractivity (Wildman–Crippen MR) is 126 cm³/mol. The molecule has 2 N–H and O–H groups in total. The van der Waals surface area contributed by atoms with Gasteiger partial charge < -0.3 is 10.5 Å². The number of piperidine rings is 1. The van der Waals surface area contributed by atoms with Crippen molar-refractivity contribution in [1.82, 2.24) is 4.90 Å². The van der Waals surface area contributed by atoms with Crippen LogP contribution in [0.3, 0.4) is 0 Å². The van der Waals surface area contributed by atoms with E-state index in [2.05, 4.69) is 37.8 Å². The third-order valence-corrected chi connectivity index (χ3v) is 7.59. The van der Waals surface area contributed by atoms with Gasteiger partial charge >= 0.3 is 0 Å². The van der Waals surface area contributed by atoms with Crippen LogP contribution in [0.15, 0.2) is 36.4 Å². The number of halogens is 4. The molecular formula is C24H32Cl2F2N2O. The van der Waals surface area contributed by atoms with Gasteiger partial charge in [-0.15, -0.1) is 24.8 Å². The van der Waals surface area contributed by atoms with Crippen LogP contribution < -0.4 is 5.73 Å². The molecule has 1 aliphatic heterocycles. The van der Waals surface area contributed by atoms with Gasteiger partial charge in [0, 0.05) is 35.3 Å². The number of benzene rings is 2. The number of nitrogens with two attached hydrogens (primary N) is 1. The summed E-state index contributed by atoms with van der Waals surface area (Å²) < 4.78 is 32.6. The molecule has 7 heteroatoms. The van der Waals surface area contributed by atoms with Crippen LogP contribution in [0.4, 0.5) is 14.5 Å². The van der Waals surface area contributed by atoms with Crippen LogP contribution in [0, 0.1) is 17.0 Å². The molecule has 3 nitrogen and oxygen atoms in total. The molecule has 2 atom stereocenters. The van der Waals surface area contributed by atoms with Crippen molar-refractivity contribution >= 4 is 30.5 Å². The van der Waals surface area contributed by atoms with Gasteiger partial charge in [-0.3, -0.25) is 4.90 Å². The van der Waals surface area contributed by atoms with Crippen LogP contribution in [0.5, 0.6) is 0 Å². The van der Waals surface area contributed by atoms with E-state index < -0.39 is 11.6 Å². The third-order valence-electron chi connectivity index (χ3n) is 7.59. The number of hydrogen-bond acceptors (Lipinski definition) is 3. The van der Waals surface area contributed by atoms with E-state index in [0.717, 1.165) is 37.7 Å². The fourth-order valence-electron chi connectivity index (χ4n) is 5.35. The van der Waals surface area contributed by atoms with Crippen LogP contribution in [0.2, 0.25) is 0 Å². The lowest BCUT2D eigenvalue weighted by atomic mass is 9.51. The Labute approximate surface area is 196 Å². The summed E-state index contributed by atoms with van der Waals surface area (Å²) in [4.78, 5) is 2.50. The highest BCUT2D eigenvalue weighted by Gasteiger charge is 2.55. The summed E-state index contributed by atoms with van der Waals surface area (Å²) in [5.41, 5.74) is 10.5. The first-order valence-electron chi connectivity index (χ1n) is 10.4. The summed E-state index contributed by atoms with van der Waals surface area (Å²) in [7, 11) is 0. The van der Waals surface area contributed by atoms with Gasteiger partial charge in [-0.2, -0.15) is 0 Å². The van der Waals surface area contributed by atoms with Crippen molar-refractivity contribution in [2.75, 3.05) is 25.4 Å². The maximum Gasteiger partial charge on any atom is 0.131 e. The van der Waals surface area contributed by atoms with Crippen LogP contribution in [-0.4, -0.2) is 30.6 Å². The van der Waals surface area contributed by atoms with Crippen molar-refractivity contribution in [1.29, 1.82) is 0 Å². The van der Waals surface area contributed by atoms with Crippen LogP contribution in [0.1, 0.15) is 43.9 Å². The second kappa shape index (κ2) is 9.62. The van der Waals surface area contributed by atoms with Gasteiger partial charge in [-0.05, 0) is 48.1 Å². The quantitative estimate of drug-likeness (QED) is 0.459. The largest absolute Gasteiger partial charge is 0.398 e. The first-order valence-corrected chi connectivity index (χ1v) is 10.4. The second-order valence-corrected chi connectivity index (χ2v) is 9.22. The Hall–Kier alpha value is -1.40. The summed E-state index contributed by atoms with van der Waals surface area (Å²) >= 11 is 0. The monoisotopic (exact) mass is 472 g/mol. The first-order chi connectivity index (χ1) is 13.7. The molecule has 2 aromatic carbocycles. The number of nitrogens with zero attached hydrogens (tertiary/aromatic N) is 1. The van der Waals surface area contributed by atoms with E-state index in [1.54, 1.807) is 0 Å². The molecule has 172 valence electrons. The lowest BCUT2D eigenvalue weighted by Gasteiger charge is -2.61. The van der Waals surface area contributed by atoms with Crippen molar-refractivity contribution in [3.8, 4) is 0 Å². The Morgan fingerprint density at radius 2 is 1.87 bits per heavy atom. The molecule has 0 aromatic heterocycles. The molecule has 1 heterocycles. The van der Waals surface area contributed by atoms with E-state index in [-0.39, 0.29) is 42.3 Å². The highest BCUT2D eigenvalue weighted by Crippen LogP contribution is 2.56. The summed E-state index contributed by atoms with van der Waals surface area (Å²) in [5.74, 6) is -1.12. The topological polar surface area (TPSA) is 38.5 Å². The molecule has 1 aliphatic carbocycles. The molecule has 0 unspecified atom stereocenters. The zero-order chi connectivity index (χ0) is 20.8. The minimum atomic E-state index is -0.568. The number of anilines is 1. The second-order valence-electron chi connectivity index (χ2n) is 9.22. The Kier molecular flexibility index (Phi) is 8.02. The normalized spacial score (nSPS) is 24.0. The average Bonchev–Trinajstić information content (AvgIpc) is 2.65. The first kappa shape index (κ1) is 25.9. The molecule has 1 fully saturated rings. The van der Waals surface area contributed by atoms with Crippen molar-refractivity contribution in [3.05, 3.63) is 64.7 Å². The van der Waals surface area contributed by atoms with Gasteiger partial charge in [-0.1, -0.05) is 39.0 Å². The van der Waals surface area contributed by atoms with Gasteiger partial charge in [0.2, 0.25) is 0 Å². The molecule has 0 spiro atoms. The van der Waals surface area contributed by atoms with E-state index in [0.29, 0.717) is 18.2 Å². The zero-order valence-electron chi connectivity index (χ0n) is 18.3. The van der Waals surface area contributed by atoms with Gasteiger partial charge in [-0.25, -0.2) is 8.78 Å². The molecule has 2 aliphatic rings. The number of nitrogen functional groups attached to an aromatic ring is 1. The maximum absolute atomic E-state index is 13.8. The Morgan fingerprint density at radius 1 is 1.13 bits per heavy atom. The van der Waals surface area contributed by atoms with Crippen LogP contribution in [-0.2, 0) is 23.2 Å². The minimum absolute atomic E-state index is 0. The van der Waals surface area contributed by atoms with E-state index in [9.17, 15) is 8.78 Å². The number of hydrogen-bond donors (Lipinski definition) is 1. The Balaban J connectivity index is 0.00000171. The van der Waals surface area contributed by atoms with Crippen molar-refractivity contribution in [2.45, 2.75) is 51.7 Å². The summed E-state index contributed by atoms with van der Waals surface area (Å²) in [6, 6.07) is 10.3. The number of rotatable bonds is 5. The average molecular weight is 473 g/mol. The molecule has 31 heavy (non-hydrogen) atoms. The lowest BCUT2D eigenvalue weighted by molar-refractivity contribution is -0.0492. The van der Waals surface area contributed by atoms with Crippen molar-refractivity contribution < 1.29 is 13.5 Å². The maximum atomic E-state index is 13.8. The highest BCUT2D eigenvalue weighted by molar-refractivity contribution is 5.85. The molecular weight excluding hydrogens is 441 g/mol. The Morgan fingerprint density at radius 3 is 2.58 bits per heavy atom. The van der Waals surface area contributed by atoms with E-state index in [1.807, 2.05) is 6.07 Å². The van der Waals surface area contributed by atoms with Gasteiger partial charge in [0.25, 0.3) is 0 Å². The number of fused-ring (bicyclic) bond motifs is 4. The zero-order valence-corrected chi connectivity index (χ0v) is 19.9. The lowest BCUT2D eigenvalue weighted by Crippen LogP contribution is -2.64. The highest BCUT2D eigenvalue weighted by atomic mass is 35.5. The SMILES string of the molecule is CC1(C)[C@H]2Cc3c(N)cccc3[C@]1(C)CCN2CCOCc1ccc(F)cc1F.Cl.Cl. The molecule has 0 saturated carbocycles. The fraction of sp³-hybridized carbons (Fsp3) is 0.500. The fourth-order valence-corrected chi connectivity index (χ4v) is 5.35. The summed E-state index contributed by atoms with van der Waals surface area (Å²) in [6.07, 6.45) is 2.01. The van der Waals surface area contributed by atoms with E-state index in [1.165, 1.54) is 23.3 Å². The van der Waals surface area contributed by atoms with Gasteiger partial charge in [0.05, 0.1) is 13.2 Å². The third kappa shape index (κ3) is 4.43. The molecule has 0 amide bonds. The minimum Gasteiger partial charge on any atom is -0.398 e. The molecule has 2 bridgehead atoms. The smallest absolute Gasteiger partial charge is 0.131 e. The summed E-state index contributed by atoms with van der Waals surface area (Å²) in [6.45, 7) is 9.57. The molecule has 0 radical (unpaired) electrons. The van der Waals surface area contributed by atoms with Crippen molar-refractivity contribution in [3.63, 3.8) is 0 Å². The Bertz CT molecular complexity index is 924. The molecule has 4 rings (SSSR count). The standard InChI is InChI=1S/C24H30F2N2O.2ClH/c1-23(2)22-14-18-19(5-4-6-21(18)27)24(23,3)9-10-28(22)11-12-29-15-16-7-8-17(25)13-20(16)26;;/h4-8,13,22H,9-12,14-15,27H2,1-3H3;2*1H/t22-,24+;;/m1../s1. The van der Waals surface area contributed by atoms with E-state index >= 15 is 0 Å². The van der Waals surface area contributed by atoms with Crippen molar-refractivity contribution in [2.24, 2.45) is 5.41 Å². The molecule has 1 saturated heterocycles. The number of ether oxygens (including phenoxy) is 1. The van der Waals surface area contributed by atoms with Crippen LogP contribution in [0.25, 0.3) is 0 Å². The van der Waals surface area contributed by atoms with Gasteiger partial charge in [0.1, 0.15) is 11.6 Å². The van der Waals surface area contributed by atoms with E-state index in [4.69, 9.17) is 10.5 Å². The summed E-state index contributed by atoms with van der Waals surface area (Å²) in [5, 5.41) is 0. The van der Waals surface area contributed by atoms with Crippen LogP contribution >= 0.6 is 24.8 Å². The number of likely N-dealkylation sites (tertiary alicyclic amines) is 1. The van der Waals surface area contributed by atoms with Gasteiger partial charge in [0.15, 0.2) is 0 Å².